The Hall–Kier alpha value is -2.07. The molecule has 1 aliphatic rings. The second kappa shape index (κ2) is 13.5. The topological polar surface area (TPSA) is 54.4 Å². The average molecular weight is 445 g/mol. The highest BCUT2D eigenvalue weighted by atomic mass is 19.1. The standard InChI is InChI=1S/C28H41FO3/c1-20(12-8-7-9-19-29)13-10-14-21(2)15-11-17-28(6,32)18-16-25-24(5)26(30)22(3)23(4)27(25)31/h7,9,13,15,32H,8,10-12,14,16-19H2,1-6H3/b9-7+,20-13+,21-15+/t28-/m1/s1. The fourth-order valence-electron chi connectivity index (χ4n) is 3.85. The summed E-state index contributed by atoms with van der Waals surface area (Å²) in [4.78, 5) is 24.9. The molecule has 0 aromatic heterocycles. The molecule has 0 amide bonds. The highest BCUT2D eigenvalue weighted by molar-refractivity contribution is 6.24. The first kappa shape index (κ1) is 28.0. The summed E-state index contributed by atoms with van der Waals surface area (Å²) >= 11 is 0. The van der Waals surface area contributed by atoms with Crippen molar-refractivity contribution in [2.75, 3.05) is 6.67 Å². The molecule has 3 nitrogen and oxygen atoms in total. The van der Waals surface area contributed by atoms with E-state index in [4.69, 9.17) is 0 Å². The van der Waals surface area contributed by atoms with Crippen molar-refractivity contribution in [1.82, 2.24) is 0 Å². The number of alkyl halides is 1. The van der Waals surface area contributed by atoms with Crippen molar-refractivity contribution >= 4 is 11.6 Å². The quantitative estimate of drug-likeness (QED) is 0.244. The van der Waals surface area contributed by atoms with E-state index in [-0.39, 0.29) is 11.6 Å². The van der Waals surface area contributed by atoms with E-state index in [1.54, 1.807) is 33.8 Å². The van der Waals surface area contributed by atoms with E-state index < -0.39 is 12.3 Å². The molecular formula is C28H41FO3. The summed E-state index contributed by atoms with van der Waals surface area (Å²) in [5.41, 5.74) is 3.85. The SMILES string of the molecule is CC1=C(C)C(=O)C(CC[C@](C)(O)CC/C=C(\C)CC/C=C(\C)CC/C=C/CF)=C(C)C1=O. The van der Waals surface area contributed by atoms with Gasteiger partial charge < -0.3 is 5.11 Å². The second-order valence-electron chi connectivity index (χ2n) is 9.35. The normalized spacial score (nSPS) is 18.2. The number of Topliss-reactive ketones (excluding diaryl/α,β-unsaturated/α-hetero) is 2. The molecule has 32 heavy (non-hydrogen) atoms. The van der Waals surface area contributed by atoms with E-state index >= 15 is 0 Å². The Morgan fingerprint density at radius 3 is 2.03 bits per heavy atom. The van der Waals surface area contributed by atoms with Crippen LogP contribution in [0.3, 0.4) is 0 Å². The van der Waals surface area contributed by atoms with Crippen molar-refractivity contribution in [1.29, 1.82) is 0 Å². The van der Waals surface area contributed by atoms with E-state index in [0.29, 0.717) is 41.6 Å². The van der Waals surface area contributed by atoms with Crippen molar-refractivity contribution in [3.8, 4) is 0 Å². The molecule has 0 fully saturated rings. The molecule has 0 unspecified atom stereocenters. The fraction of sp³-hybridized carbons (Fsp3) is 0.571. The largest absolute Gasteiger partial charge is 0.390 e. The van der Waals surface area contributed by atoms with Gasteiger partial charge in [0.05, 0.1) is 5.60 Å². The van der Waals surface area contributed by atoms with Gasteiger partial charge in [0.25, 0.3) is 0 Å². The summed E-state index contributed by atoms with van der Waals surface area (Å²) in [5, 5.41) is 10.8. The molecule has 0 aliphatic heterocycles. The lowest BCUT2D eigenvalue weighted by molar-refractivity contribution is -0.116. The summed E-state index contributed by atoms with van der Waals surface area (Å²) in [6.45, 7) is 10.7. The van der Waals surface area contributed by atoms with E-state index in [1.807, 2.05) is 6.08 Å². The third-order valence-corrected chi connectivity index (χ3v) is 6.39. The van der Waals surface area contributed by atoms with Crippen LogP contribution in [0.25, 0.3) is 0 Å². The van der Waals surface area contributed by atoms with Gasteiger partial charge in [-0.1, -0.05) is 35.5 Å². The van der Waals surface area contributed by atoms with Crippen LogP contribution in [-0.4, -0.2) is 28.9 Å². The minimum atomic E-state index is -0.888. The first-order chi connectivity index (χ1) is 15.0. The van der Waals surface area contributed by atoms with E-state index in [1.165, 1.54) is 11.1 Å². The Balaban J connectivity index is 2.47. The zero-order chi connectivity index (χ0) is 24.3. The van der Waals surface area contributed by atoms with Gasteiger partial charge in [0.15, 0.2) is 11.6 Å². The predicted octanol–water partition coefficient (Wildman–Crippen LogP) is 7.08. The molecular weight excluding hydrogens is 403 g/mol. The molecule has 0 aromatic rings. The molecule has 178 valence electrons. The van der Waals surface area contributed by atoms with Gasteiger partial charge in [0.1, 0.15) is 6.67 Å². The van der Waals surface area contributed by atoms with E-state index in [2.05, 4.69) is 26.0 Å². The van der Waals surface area contributed by atoms with Crippen LogP contribution in [0, 0.1) is 0 Å². The van der Waals surface area contributed by atoms with Crippen molar-refractivity contribution in [3.05, 3.63) is 57.7 Å². The van der Waals surface area contributed by atoms with Gasteiger partial charge in [-0.05, 0) is 92.9 Å². The first-order valence-corrected chi connectivity index (χ1v) is 11.7. The highest BCUT2D eigenvalue weighted by Gasteiger charge is 2.29. The van der Waals surface area contributed by atoms with Crippen LogP contribution in [0.15, 0.2) is 57.7 Å². The zero-order valence-electron chi connectivity index (χ0n) is 20.8. The van der Waals surface area contributed by atoms with E-state index in [0.717, 1.165) is 32.1 Å². The van der Waals surface area contributed by atoms with Crippen LogP contribution in [0.1, 0.15) is 92.9 Å². The van der Waals surface area contributed by atoms with Gasteiger partial charge in [-0.2, -0.15) is 0 Å². The molecule has 0 saturated carbocycles. The minimum Gasteiger partial charge on any atom is -0.390 e. The average Bonchev–Trinajstić information content (AvgIpc) is 2.73. The third-order valence-electron chi connectivity index (χ3n) is 6.39. The number of ketones is 2. The van der Waals surface area contributed by atoms with Gasteiger partial charge in [-0.15, -0.1) is 0 Å². The van der Waals surface area contributed by atoms with Gasteiger partial charge in [-0.3, -0.25) is 9.59 Å². The number of halogens is 1. The first-order valence-electron chi connectivity index (χ1n) is 11.7. The third kappa shape index (κ3) is 9.20. The summed E-state index contributed by atoms with van der Waals surface area (Å²) in [6, 6.07) is 0. The van der Waals surface area contributed by atoms with Gasteiger partial charge >= 0.3 is 0 Å². The van der Waals surface area contributed by atoms with Gasteiger partial charge in [-0.25, -0.2) is 4.39 Å². The number of aliphatic hydroxyl groups is 1. The lowest BCUT2D eigenvalue weighted by Gasteiger charge is -2.25. The molecule has 1 atom stereocenters. The van der Waals surface area contributed by atoms with Crippen molar-refractivity contribution in [2.24, 2.45) is 0 Å². The molecule has 0 aromatic carbocycles. The predicted molar refractivity (Wildman–Crippen MR) is 131 cm³/mol. The Bertz CT molecular complexity index is 835. The van der Waals surface area contributed by atoms with E-state index in [9.17, 15) is 19.1 Å². The van der Waals surface area contributed by atoms with Crippen molar-refractivity contribution < 1.29 is 19.1 Å². The van der Waals surface area contributed by atoms with Crippen LogP contribution < -0.4 is 0 Å². The maximum atomic E-state index is 12.6. The summed E-state index contributed by atoms with van der Waals surface area (Å²) < 4.78 is 12.0. The molecule has 0 radical (unpaired) electrons. The number of carbonyl (C=O) groups excluding carboxylic acids is 2. The number of allylic oxidation sites excluding steroid dienone is 10. The maximum absolute atomic E-state index is 12.6. The molecule has 1 rings (SSSR count). The zero-order valence-corrected chi connectivity index (χ0v) is 20.8. The van der Waals surface area contributed by atoms with Crippen LogP contribution >= 0.6 is 0 Å². The molecule has 0 saturated heterocycles. The second-order valence-corrected chi connectivity index (χ2v) is 9.35. The van der Waals surface area contributed by atoms with Crippen molar-refractivity contribution in [2.45, 2.75) is 98.5 Å². The summed E-state index contributed by atoms with van der Waals surface area (Å²) in [7, 11) is 0. The Morgan fingerprint density at radius 2 is 1.41 bits per heavy atom. The molecule has 1 N–H and O–H groups in total. The Morgan fingerprint density at radius 1 is 0.844 bits per heavy atom. The minimum absolute atomic E-state index is 0.0594. The molecule has 4 heteroatoms. The number of hydrogen-bond donors (Lipinski definition) is 1. The summed E-state index contributed by atoms with van der Waals surface area (Å²) in [6.07, 6.45) is 13.9. The van der Waals surface area contributed by atoms with Gasteiger partial charge in [0, 0.05) is 22.3 Å². The molecule has 0 bridgehead atoms. The Kier molecular flexibility index (Phi) is 11.8. The molecule has 0 heterocycles. The number of hydrogen-bond acceptors (Lipinski definition) is 3. The summed E-state index contributed by atoms with van der Waals surface area (Å²) in [5.74, 6) is -0.122. The lowest BCUT2D eigenvalue weighted by Crippen LogP contribution is -2.26. The van der Waals surface area contributed by atoms with Crippen LogP contribution in [-0.2, 0) is 9.59 Å². The monoisotopic (exact) mass is 444 g/mol. The molecule has 1 aliphatic carbocycles. The van der Waals surface area contributed by atoms with Crippen LogP contribution in [0.2, 0.25) is 0 Å². The number of rotatable bonds is 13. The molecule has 0 spiro atoms. The maximum Gasteiger partial charge on any atom is 0.185 e. The lowest BCUT2D eigenvalue weighted by atomic mass is 9.82. The Labute approximate surface area is 193 Å². The van der Waals surface area contributed by atoms with Crippen LogP contribution in [0.5, 0.6) is 0 Å². The van der Waals surface area contributed by atoms with Crippen molar-refractivity contribution in [3.63, 3.8) is 0 Å². The highest BCUT2D eigenvalue weighted by Crippen LogP contribution is 2.30. The number of carbonyl (C=O) groups is 2. The van der Waals surface area contributed by atoms with Gasteiger partial charge in [0.2, 0.25) is 0 Å². The fourth-order valence-corrected chi connectivity index (χ4v) is 3.85. The smallest absolute Gasteiger partial charge is 0.185 e. The van der Waals surface area contributed by atoms with Crippen LogP contribution in [0.4, 0.5) is 4.39 Å².